The van der Waals surface area contributed by atoms with Crippen LogP contribution in [0.25, 0.3) is 0 Å². The van der Waals surface area contributed by atoms with Crippen LogP contribution < -0.4 is 0 Å². The van der Waals surface area contributed by atoms with Crippen molar-refractivity contribution in [2.45, 2.75) is 64.0 Å². The summed E-state index contributed by atoms with van der Waals surface area (Å²) in [4.78, 5) is 30.8. The molecule has 4 nitrogen and oxygen atoms in total. The average molecular weight is 514 g/mol. The third-order valence-electron chi connectivity index (χ3n) is 7.65. The molecule has 6 heteroatoms. The number of likely N-dealkylation sites (tertiary alicyclic amines) is 2. The zero-order chi connectivity index (χ0) is 25.2. The van der Waals surface area contributed by atoms with Gasteiger partial charge in [-0.05, 0) is 61.1 Å². The lowest BCUT2D eigenvalue weighted by Gasteiger charge is -2.52. The number of nitrogens with zero attached hydrogens (tertiary/aromatic N) is 2. The molecule has 35 heavy (non-hydrogen) atoms. The number of hydrogen-bond donors (Lipinski definition) is 0. The molecule has 4 atom stereocenters. The Morgan fingerprint density at radius 3 is 2.46 bits per heavy atom. The van der Waals surface area contributed by atoms with E-state index in [9.17, 15) is 9.59 Å². The first-order chi connectivity index (χ1) is 16.8. The summed E-state index contributed by atoms with van der Waals surface area (Å²) >= 11 is 12.7. The summed E-state index contributed by atoms with van der Waals surface area (Å²) in [5.74, 6) is 0.325. The molecule has 2 aliphatic rings. The summed E-state index contributed by atoms with van der Waals surface area (Å²) in [5.41, 5.74) is 1.55. The van der Waals surface area contributed by atoms with E-state index in [1.807, 2.05) is 60.4 Å². The van der Waals surface area contributed by atoms with Gasteiger partial charge in [0.25, 0.3) is 0 Å². The first-order valence-corrected chi connectivity index (χ1v) is 13.3. The number of rotatable bonds is 8. The van der Waals surface area contributed by atoms with E-state index in [0.29, 0.717) is 35.9 Å². The number of benzene rings is 2. The van der Waals surface area contributed by atoms with Gasteiger partial charge in [0.15, 0.2) is 0 Å². The summed E-state index contributed by atoms with van der Waals surface area (Å²) in [6.45, 7) is 9.42. The van der Waals surface area contributed by atoms with Crippen molar-refractivity contribution in [3.05, 3.63) is 82.4 Å². The fourth-order valence-corrected chi connectivity index (χ4v) is 6.18. The van der Waals surface area contributed by atoms with Gasteiger partial charge in [-0.3, -0.25) is 9.59 Å². The number of piperidine rings is 1. The smallest absolute Gasteiger partial charge is 0.229 e. The predicted molar refractivity (Wildman–Crippen MR) is 143 cm³/mol. The topological polar surface area (TPSA) is 40.6 Å². The Labute approximate surface area is 218 Å². The molecule has 2 aliphatic heterocycles. The predicted octanol–water partition coefficient (Wildman–Crippen LogP) is 7.03. The molecule has 0 bridgehead atoms. The highest BCUT2D eigenvalue weighted by molar-refractivity contribution is 6.30. The molecular weight excluding hydrogens is 479 g/mol. The highest BCUT2D eigenvalue weighted by Gasteiger charge is 2.51. The first-order valence-electron chi connectivity index (χ1n) is 12.5. The van der Waals surface area contributed by atoms with Gasteiger partial charge in [-0.25, -0.2) is 0 Å². The Morgan fingerprint density at radius 2 is 1.86 bits per heavy atom. The Morgan fingerprint density at radius 1 is 1.11 bits per heavy atom. The van der Waals surface area contributed by atoms with E-state index >= 15 is 0 Å². The Bertz CT molecular complexity index is 1090. The van der Waals surface area contributed by atoms with Gasteiger partial charge < -0.3 is 9.80 Å². The molecule has 1 unspecified atom stereocenters. The molecule has 2 aromatic rings. The van der Waals surface area contributed by atoms with Gasteiger partial charge in [0.1, 0.15) is 0 Å². The minimum absolute atomic E-state index is 0.0286. The van der Waals surface area contributed by atoms with Crippen molar-refractivity contribution < 1.29 is 9.59 Å². The van der Waals surface area contributed by atoms with Gasteiger partial charge in [0.05, 0.1) is 11.5 Å². The van der Waals surface area contributed by atoms with Crippen LogP contribution in [0.1, 0.15) is 69.0 Å². The third-order valence-corrected chi connectivity index (χ3v) is 8.14. The number of hydrogen-bond acceptors (Lipinski definition) is 2. The maximum atomic E-state index is 14.3. The van der Waals surface area contributed by atoms with Crippen LogP contribution in [-0.2, 0) is 9.59 Å². The van der Waals surface area contributed by atoms with Crippen LogP contribution in [0.2, 0.25) is 10.0 Å². The first kappa shape index (κ1) is 25.8. The molecular formula is C29H34Cl2N2O2. The highest BCUT2D eigenvalue weighted by atomic mass is 35.5. The largest absolute Gasteiger partial charge is 0.341 e. The molecule has 2 fully saturated rings. The Hall–Kier alpha value is -2.30. The van der Waals surface area contributed by atoms with Gasteiger partial charge in [-0.1, -0.05) is 67.4 Å². The lowest BCUT2D eigenvalue weighted by Crippen LogP contribution is -2.57. The average Bonchev–Trinajstić information content (AvgIpc) is 3.24. The molecule has 0 spiro atoms. The van der Waals surface area contributed by atoms with Crippen LogP contribution in [-0.4, -0.2) is 40.7 Å². The monoisotopic (exact) mass is 512 g/mol. The van der Waals surface area contributed by atoms with E-state index in [4.69, 9.17) is 23.2 Å². The van der Waals surface area contributed by atoms with E-state index in [1.165, 1.54) is 0 Å². The van der Waals surface area contributed by atoms with Crippen molar-refractivity contribution in [2.24, 2.45) is 5.41 Å². The number of allylic oxidation sites excluding steroid dienone is 1. The molecule has 0 aliphatic carbocycles. The van der Waals surface area contributed by atoms with Crippen molar-refractivity contribution in [2.75, 3.05) is 13.1 Å². The second-order valence-corrected chi connectivity index (χ2v) is 11.0. The van der Waals surface area contributed by atoms with Crippen molar-refractivity contribution >= 4 is 35.0 Å². The van der Waals surface area contributed by atoms with E-state index in [2.05, 4.69) is 24.5 Å². The summed E-state index contributed by atoms with van der Waals surface area (Å²) in [5, 5.41) is 1.34. The van der Waals surface area contributed by atoms with Crippen LogP contribution >= 0.6 is 23.2 Å². The van der Waals surface area contributed by atoms with E-state index in [-0.39, 0.29) is 29.8 Å². The quantitative estimate of drug-likeness (QED) is 0.356. The molecule has 0 aromatic heterocycles. The van der Waals surface area contributed by atoms with Crippen molar-refractivity contribution in [1.82, 2.24) is 9.80 Å². The molecule has 2 heterocycles. The number of halogens is 2. The molecule has 2 aromatic carbocycles. The van der Waals surface area contributed by atoms with Crippen LogP contribution in [0.3, 0.4) is 0 Å². The number of carbonyl (C=O) groups excluding carboxylic acids is 2. The normalized spacial score (nSPS) is 25.7. The zero-order valence-electron chi connectivity index (χ0n) is 20.6. The minimum atomic E-state index is -0.597. The second-order valence-electron chi connectivity index (χ2n) is 10.1. The lowest BCUT2D eigenvalue weighted by molar-refractivity contribution is -0.156. The molecule has 0 saturated carbocycles. The second kappa shape index (κ2) is 10.8. The molecule has 0 N–H and O–H groups in total. The standard InChI is InChI=1S/C29H34Cl2N2O2/c1-4-15-29(3)18-25(21-8-6-9-23(31)17-21)27(20-11-13-22(30)14-12-20)33(28(29)35)24(5-2)19-32-16-7-10-26(32)34/h4,6,8-9,11-14,17,24-25,27H,1,5,7,10,15-16,18-19H2,2-3H3/t24-,25?,27+,29-/m0/s1. The van der Waals surface area contributed by atoms with Gasteiger partial charge in [0.2, 0.25) is 11.8 Å². The fraction of sp³-hybridized carbons (Fsp3) is 0.448. The number of carbonyl (C=O) groups is 2. The van der Waals surface area contributed by atoms with E-state index in [1.54, 1.807) is 0 Å². The Balaban J connectivity index is 1.86. The van der Waals surface area contributed by atoms with Gasteiger partial charge in [-0.2, -0.15) is 0 Å². The summed E-state index contributed by atoms with van der Waals surface area (Å²) < 4.78 is 0. The maximum absolute atomic E-state index is 14.3. The van der Waals surface area contributed by atoms with Crippen LogP contribution in [0.5, 0.6) is 0 Å². The molecule has 186 valence electrons. The third kappa shape index (κ3) is 5.29. The van der Waals surface area contributed by atoms with Gasteiger partial charge in [0, 0.05) is 41.5 Å². The SMILES string of the molecule is C=CC[C@@]1(C)CC(c2cccc(Cl)c2)[C@@H](c2ccc(Cl)cc2)N([C@@H](CC)CN2CCCC2=O)C1=O. The maximum Gasteiger partial charge on any atom is 0.229 e. The molecule has 4 rings (SSSR count). The highest BCUT2D eigenvalue weighted by Crippen LogP contribution is 2.52. The molecule has 0 radical (unpaired) electrons. The zero-order valence-corrected chi connectivity index (χ0v) is 22.1. The van der Waals surface area contributed by atoms with E-state index < -0.39 is 5.41 Å². The minimum Gasteiger partial charge on any atom is -0.341 e. The lowest BCUT2D eigenvalue weighted by atomic mass is 9.67. The van der Waals surface area contributed by atoms with Crippen LogP contribution in [0.4, 0.5) is 0 Å². The number of amides is 2. The fourth-order valence-electron chi connectivity index (χ4n) is 5.85. The summed E-state index contributed by atoms with van der Waals surface area (Å²) in [7, 11) is 0. The van der Waals surface area contributed by atoms with Crippen molar-refractivity contribution in [3.63, 3.8) is 0 Å². The van der Waals surface area contributed by atoms with Gasteiger partial charge in [-0.15, -0.1) is 6.58 Å². The molecule has 2 amide bonds. The van der Waals surface area contributed by atoms with Crippen molar-refractivity contribution in [3.8, 4) is 0 Å². The van der Waals surface area contributed by atoms with Gasteiger partial charge >= 0.3 is 0 Å². The summed E-state index contributed by atoms with van der Waals surface area (Å²) in [6, 6.07) is 15.5. The summed E-state index contributed by atoms with van der Waals surface area (Å²) in [6.07, 6.45) is 5.34. The van der Waals surface area contributed by atoms with E-state index in [0.717, 1.165) is 30.5 Å². The van der Waals surface area contributed by atoms with Crippen LogP contribution in [0, 0.1) is 5.41 Å². The van der Waals surface area contributed by atoms with Crippen molar-refractivity contribution in [1.29, 1.82) is 0 Å². The molecule has 2 saturated heterocycles. The Kier molecular flexibility index (Phi) is 7.92. The van der Waals surface area contributed by atoms with Crippen LogP contribution in [0.15, 0.2) is 61.2 Å².